The molecule has 3 aromatic rings. The van der Waals surface area contributed by atoms with Gasteiger partial charge in [0.1, 0.15) is 24.1 Å². The van der Waals surface area contributed by atoms with Gasteiger partial charge in [0.15, 0.2) is 0 Å². The number of rotatable bonds is 7. The van der Waals surface area contributed by atoms with E-state index in [4.69, 9.17) is 4.74 Å². The van der Waals surface area contributed by atoms with Gasteiger partial charge < -0.3 is 14.3 Å². The van der Waals surface area contributed by atoms with Crippen molar-refractivity contribution in [3.05, 3.63) is 69.5 Å². The normalized spacial score (nSPS) is 14.9. The van der Waals surface area contributed by atoms with Crippen LogP contribution >= 0.6 is 0 Å². The molecule has 1 aliphatic rings. The van der Waals surface area contributed by atoms with Crippen LogP contribution in [0.3, 0.4) is 0 Å². The van der Waals surface area contributed by atoms with Crippen molar-refractivity contribution in [2.24, 2.45) is 0 Å². The predicted molar refractivity (Wildman–Crippen MR) is 127 cm³/mol. The molecule has 1 aromatic carbocycles. The Morgan fingerprint density at radius 3 is 2.68 bits per heavy atom. The standard InChI is InChI=1S/C26H26N4O4/c1-19-28-24-6-2-4-21(25(24)26(33)30(19)23(18-32)5-3-13-31)8-10-22-9-7-20(16-27-22)17-29-11-14-34-15-12-29/h2,4,6-7,9,13,16,18,23H,3,5,11-12,14-15,17H2,1H3. The number of carbonyl (C=O) groups excluding carboxylic acids is 2. The highest BCUT2D eigenvalue weighted by Gasteiger charge is 2.18. The maximum atomic E-state index is 13.4. The maximum Gasteiger partial charge on any atom is 0.263 e. The van der Waals surface area contributed by atoms with Gasteiger partial charge in [-0.15, -0.1) is 0 Å². The number of morpholine rings is 1. The van der Waals surface area contributed by atoms with E-state index in [0.717, 1.165) is 44.7 Å². The number of fused-ring (bicyclic) bond motifs is 1. The van der Waals surface area contributed by atoms with Crippen LogP contribution in [-0.4, -0.2) is 58.3 Å². The average Bonchev–Trinajstić information content (AvgIpc) is 2.86. The molecule has 4 rings (SSSR count). The number of aryl methyl sites for hydroxylation is 1. The zero-order valence-corrected chi connectivity index (χ0v) is 19.1. The van der Waals surface area contributed by atoms with E-state index >= 15 is 0 Å². The van der Waals surface area contributed by atoms with Crippen LogP contribution in [-0.2, 0) is 20.9 Å². The van der Waals surface area contributed by atoms with E-state index in [2.05, 4.69) is 26.7 Å². The van der Waals surface area contributed by atoms with E-state index < -0.39 is 6.04 Å². The van der Waals surface area contributed by atoms with Crippen molar-refractivity contribution < 1.29 is 14.3 Å². The Morgan fingerprint density at radius 1 is 1.15 bits per heavy atom. The Labute approximate surface area is 197 Å². The molecule has 1 unspecified atom stereocenters. The molecule has 0 amide bonds. The number of ether oxygens (including phenoxy) is 1. The van der Waals surface area contributed by atoms with Gasteiger partial charge in [-0.3, -0.25) is 14.3 Å². The number of aldehydes is 2. The smallest absolute Gasteiger partial charge is 0.263 e. The van der Waals surface area contributed by atoms with Crippen LogP contribution in [0, 0.1) is 18.8 Å². The van der Waals surface area contributed by atoms with Gasteiger partial charge in [0.05, 0.1) is 30.2 Å². The third kappa shape index (κ3) is 5.28. The number of nitrogens with zero attached hydrogens (tertiary/aromatic N) is 4. The minimum Gasteiger partial charge on any atom is -0.379 e. The lowest BCUT2D eigenvalue weighted by Gasteiger charge is -2.26. The third-order valence-electron chi connectivity index (χ3n) is 5.83. The molecule has 8 nitrogen and oxygen atoms in total. The van der Waals surface area contributed by atoms with E-state index in [1.807, 2.05) is 18.3 Å². The second-order valence-electron chi connectivity index (χ2n) is 8.17. The molecule has 174 valence electrons. The van der Waals surface area contributed by atoms with Crippen LogP contribution in [0.1, 0.15) is 41.5 Å². The first-order valence-corrected chi connectivity index (χ1v) is 11.3. The monoisotopic (exact) mass is 458 g/mol. The second kappa shape index (κ2) is 11.0. The molecule has 0 N–H and O–H groups in total. The summed E-state index contributed by atoms with van der Waals surface area (Å²) >= 11 is 0. The fourth-order valence-corrected chi connectivity index (χ4v) is 4.09. The highest BCUT2D eigenvalue weighted by atomic mass is 16.5. The van der Waals surface area contributed by atoms with E-state index in [-0.39, 0.29) is 18.4 Å². The lowest BCUT2D eigenvalue weighted by Crippen LogP contribution is -2.35. The molecule has 8 heteroatoms. The summed E-state index contributed by atoms with van der Waals surface area (Å²) in [4.78, 5) is 47.1. The Hall–Kier alpha value is -3.67. The maximum absolute atomic E-state index is 13.4. The molecular formula is C26H26N4O4. The summed E-state index contributed by atoms with van der Waals surface area (Å²) in [6.45, 7) is 5.83. The van der Waals surface area contributed by atoms with Gasteiger partial charge in [-0.1, -0.05) is 18.1 Å². The fourth-order valence-electron chi connectivity index (χ4n) is 4.09. The first-order chi connectivity index (χ1) is 16.6. The van der Waals surface area contributed by atoms with Crippen molar-refractivity contribution >= 4 is 23.5 Å². The molecular weight excluding hydrogens is 432 g/mol. The van der Waals surface area contributed by atoms with Crippen LogP contribution in [0.25, 0.3) is 10.9 Å². The number of hydrogen-bond donors (Lipinski definition) is 0. The van der Waals surface area contributed by atoms with Crippen LogP contribution in [0.2, 0.25) is 0 Å². The third-order valence-corrected chi connectivity index (χ3v) is 5.83. The highest BCUT2D eigenvalue weighted by Crippen LogP contribution is 2.17. The summed E-state index contributed by atoms with van der Waals surface area (Å²) in [5, 5.41) is 0.350. The number of hydrogen-bond acceptors (Lipinski definition) is 7. The van der Waals surface area contributed by atoms with Gasteiger partial charge in [0, 0.05) is 37.8 Å². The minimum absolute atomic E-state index is 0.183. The summed E-state index contributed by atoms with van der Waals surface area (Å²) < 4.78 is 6.73. The van der Waals surface area contributed by atoms with Gasteiger partial charge >= 0.3 is 0 Å². The van der Waals surface area contributed by atoms with Crippen molar-refractivity contribution in [2.75, 3.05) is 26.3 Å². The molecule has 1 atom stereocenters. The van der Waals surface area contributed by atoms with Gasteiger partial charge in [0.2, 0.25) is 0 Å². The molecule has 1 saturated heterocycles. The Morgan fingerprint density at radius 2 is 1.97 bits per heavy atom. The SMILES string of the molecule is Cc1nc2cccc(C#Cc3ccc(CN4CCOCC4)cn3)c2c(=O)n1C(C=O)CCC=O. The van der Waals surface area contributed by atoms with Crippen LogP contribution < -0.4 is 5.56 Å². The first kappa shape index (κ1) is 23.5. The molecule has 1 aliphatic heterocycles. The first-order valence-electron chi connectivity index (χ1n) is 11.3. The van der Waals surface area contributed by atoms with E-state index in [1.165, 1.54) is 4.57 Å². The van der Waals surface area contributed by atoms with Crippen molar-refractivity contribution in [3.63, 3.8) is 0 Å². The lowest BCUT2D eigenvalue weighted by molar-refractivity contribution is -0.111. The van der Waals surface area contributed by atoms with E-state index in [0.29, 0.717) is 34.3 Å². The molecule has 34 heavy (non-hydrogen) atoms. The zero-order chi connectivity index (χ0) is 23.9. The summed E-state index contributed by atoms with van der Waals surface area (Å²) in [7, 11) is 0. The summed E-state index contributed by atoms with van der Waals surface area (Å²) in [5.41, 5.74) is 2.39. The molecule has 3 heterocycles. The number of carbonyl (C=O) groups is 2. The molecule has 0 radical (unpaired) electrons. The van der Waals surface area contributed by atoms with Crippen LogP contribution in [0.4, 0.5) is 0 Å². The largest absolute Gasteiger partial charge is 0.379 e. The quantitative estimate of drug-likeness (QED) is 0.395. The van der Waals surface area contributed by atoms with Crippen molar-refractivity contribution in [2.45, 2.75) is 32.4 Å². The molecule has 0 spiro atoms. The molecule has 0 bridgehead atoms. The summed E-state index contributed by atoms with van der Waals surface area (Å²) in [5.74, 6) is 6.51. The van der Waals surface area contributed by atoms with Gasteiger partial charge in [-0.2, -0.15) is 0 Å². The van der Waals surface area contributed by atoms with E-state index in [1.54, 1.807) is 25.1 Å². The van der Waals surface area contributed by atoms with Crippen molar-refractivity contribution in [1.29, 1.82) is 0 Å². The Kier molecular flexibility index (Phi) is 7.58. The Balaban J connectivity index is 1.64. The number of aromatic nitrogens is 3. The highest BCUT2D eigenvalue weighted by molar-refractivity contribution is 5.84. The van der Waals surface area contributed by atoms with Gasteiger partial charge in [-0.25, -0.2) is 9.97 Å². The predicted octanol–water partition coefficient (Wildman–Crippen LogP) is 2.05. The molecule has 2 aromatic heterocycles. The van der Waals surface area contributed by atoms with E-state index in [9.17, 15) is 14.4 Å². The number of benzene rings is 1. The van der Waals surface area contributed by atoms with Gasteiger partial charge in [0.25, 0.3) is 5.56 Å². The number of pyridine rings is 1. The van der Waals surface area contributed by atoms with Crippen LogP contribution in [0.5, 0.6) is 0 Å². The zero-order valence-electron chi connectivity index (χ0n) is 19.1. The van der Waals surface area contributed by atoms with Crippen molar-refractivity contribution in [3.8, 4) is 11.8 Å². The fraction of sp³-hybridized carbons (Fsp3) is 0.346. The second-order valence-corrected chi connectivity index (χ2v) is 8.17. The molecule has 0 aliphatic carbocycles. The summed E-state index contributed by atoms with van der Waals surface area (Å²) in [6, 6.07) is 8.43. The molecule has 0 saturated carbocycles. The Bertz CT molecular complexity index is 1300. The van der Waals surface area contributed by atoms with Gasteiger partial charge in [-0.05, 0) is 43.0 Å². The topological polar surface area (TPSA) is 94.4 Å². The molecule has 1 fully saturated rings. The average molecular weight is 459 g/mol. The van der Waals surface area contributed by atoms with Crippen LogP contribution in [0.15, 0.2) is 41.3 Å². The minimum atomic E-state index is -0.753. The lowest BCUT2D eigenvalue weighted by atomic mass is 10.1. The van der Waals surface area contributed by atoms with Crippen molar-refractivity contribution in [1.82, 2.24) is 19.4 Å². The summed E-state index contributed by atoms with van der Waals surface area (Å²) in [6.07, 6.45) is 3.67.